The van der Waals surface area contributed by atoms with Gasteiger partial charge in [0, 0.05) is 45.4 Å². The molecule has 2 aliphatic rings. The number of amides is 1. The lowest BCUT2D eigenvalue weighted by atomic mass is 10.2. The summed E-state index contributed by atoms with van der Waals surface area (Å²) in [6.07, 6.45) is 2.76. The molecule has 0 radical (unpaired) electrons. The molecule has 0 saturated carbocycles. The van der Waals surface area contributed by atoms with Crippen LogP contribution in [0.4, 0.5) is 5.82 Å². The summed E-state index contributed by atoms with van der Waals surface area (Å²) in [5.41, 5.74) is 0. The van der Waals surface area contributed by atoms with Crippen LogP contribution in [0.15, 0.2) is 10.6 Å². The van der Waals surface area contributed by atoms with E-state index in [1.54, 1.807) is 13.0 Å². The van der Waals surface area contributed by atoms with Crippen molar-refractivity contribution in [1.29, 1.82) is 0 Å². The topological polar surface area (TPSA) is 70.8 Å². The molecular formula is C16H26N4O3. The molecule has 1 aromatic rings. The fourth-order valence-electron chi connectivity index (χ4n) is 3.23. The minimum Gasteiger partial charge on any atom is -0.377 e. The first-order chi connectivity index (χ1) is 11.1. The van der Waals surface area contributed by atoms with E-state index in [9.17, 15) is 4.79 Å². The summed E-state index contributed by atoms with van der Waals surface area (Å²) in [5, 5.41) is 6.62. The number of nitrogens with zero attached hydrogens (tertiary/aromatic N) is 3. The molecule has 23 heavy (non-hydrogen) atoms. The number of piperazine rings is 1. The van der Waals surface area contributed by atoms with Crippen molar-refractivity contribution in [3.8, 4) is 0 Å². The lowest BCUT2D eigenvalue weighted by molar-refractivity contribution is -0.121. The first-order valence-corrected chi connectivity index (χ1v) is 8.44. The SMILES string of the molecule is Cc1cc(NC(=O)C(C)N2CCN(CC3CCCO3)CC2)no1. The number of carbonyl (C=O) groups is 1. The van der Waals surface area contributed by atoms with Gasteiger partial charge < -0.3 is 14.6 Å². The molecule has 0 aliphatic carbocycles. The number of anilines is 1. The third kappa shape index (κ3) is 4.31. The van der Waals surface area contributed by atoms with E-state index in [4.69, 9.17) is 9.26 Å². The average Bonchev–Trinajstić information content (AvgIpc) is 3.19. The van der Waals surface area contributed by atoms with Crippen molar-refractivity contribution in [3.63, 3.8) is 0 Å². The van der Waals surface area contributed by atoms with Crippen LogP contribution in [0.2, 0.25) is 0 Å². The van der Waals surface area contributed by atoms with E-state index in [2.05, 4.69) is 20.3 Å². The first-order valence-electron chi connectivity index (χ1n) is 8.44. The van der Waals surface area contributed by atoms with Crippen LogP contribution in [-0.4, -0.2) is 72.3 Å². The van der Waals surface area contributed by atoms with Gasteiger partial charge in [-0.2, -0.15) is 0 Å². The highest BCUT2D eigenvalue weighted by atomic mass is 16.5. The summed E-state index contributed by atoms with van der Waals surface area (Å²) in [4.78, 5) is 17.0. The fraction of sp³-hybridized carbons (Fsp3) is 0.750. The summed E-state index contributed by atoms with van der Waals surface area (Å²) >= 11 is 0. The standard InChI is InChI=1S/C16H26N4O3/c1-12-10-15(18-23-12)17-16(21)13(2)20-7-5-19(6-8-20)11-14-4-3-9-22-14/h10,13-14H,3-9,11H2,1-2H3,(H,17,18,21). The van der Waals surface area contributed by atoms with Gasteiger partial charge in [-0.3, -0.25) is 14.6 Å². The molecule has 128 valence electrons. The number of ether oxygens (including phenoxy) is 1. The van der Waals surface area contributed by atoms with Crippen LogP contribution in [0.3, 0.4) is 0 Å². The first kappa shape index (κ1) is 16.4. The van der Waals surface area contributed by atoms with E-state index in [0.717, 1.165) is 39.3 Å². The summed E-state index contributed by atoms with van der Waals surface area (Å²) in [7, 11) is 0. The zero-order valence-corrected chi connectivity index (χ0v) is 14.0. The van der Waals surface area contributed by atoms with Crippen LogP contribution >= 0.6 is 0 Å². The Balaban J connectivity index is 1.43. The summed E-state index contributed by atoms with van der Waals surface area (Å²) in [6.45, 7) is 9.45. The van der Waals surface area contributed by atoms with Gasteiger partial charge >= 0.3 is 0 Å². The van der Waals surface area contributed by atoms with Crippen molar-refractivity contribution in [3.05, 3.63) is 11.8 Å². The molecule has 2 fully saturated rings. The van der Waals surface area contributed by atoms with Gasteiger partial charge in [-0.05, 0) is 26.7 Å². The maximum absolute atomic E-state index is 12.3. The van der Waals surface area contributed by atoms with Crippen molar-refractivity contribution in [1.82, 2.24) is 15.0 Å². The lowest BCUT2D eigenvalue weighted by Crippen LogP contribution is -2.53. The highest BCUT2D eigenvalue weighted by Crippen LogP contribution is 2.16. The number of hydrogen-bond acceptors (Lipinski definition) is 6. The molecule has 3 rings (SSSR count). The average molecular weight is 322 g/mol. The molecule has 2 atom stereocenters. The number of nitrogens with one attached hydrogen (secondary N) is 1. The fourth-order valence-corrected chi connectivity index (χ4v) is 3.23. The van der Waals surface area contributed by atoms with Crippen LogP contribution < -0.4 is 5.32 Å². The van der Waals surface area contributed by atoms with Gasteiger partial charge in [0.05, 0.1) is 12.1 Å². The molecule has 3 heterocycles. The third-order valence-electron chi connectivity index (χ3n) is 4.70. The van der Waals surface area contributed by atoms with Gasteiger partial charge in [0.2, 0.25) is 5.91 Å². The molecule has 7 nitrogen and oxygen atoms in total. The monoisotopic (exact) mass is 322 g/mol. The highest BCUT2D eigenvalue weighted by molar-refractivity contribution is 5.93. The minimum absolute atomic E-state index is 0.0362. The van der Waals surface area contributed by atoms with E-state index in [1.165, 1.54) is 12.8 Å². The number of rotatable bonds is 5. The van der Waals surface area contributed by atoms with Crippen molar-refractivity contribution >= 4 is 11.7 Å². The molecule has 1 aromatic heterocycles. The Morgan fingerprint density at radius 1 is 1.43 bits per heavy atom. The van der Waals surface area contributed by atoms with Crippen LogP contribution in [0.5, 0.6) is 0 Å². The molecule has 2 unspecified atom stereocenters. The van der Waals surface area contributed by atoms with Gasteiger partial charge in [0.25, 0.3) is 0 Å². The van der Waals surface area contributed by atoms with E-state index in [1.807, 2.05) is 6.92 Å². The van der Waals surface area contributed by atoms with Crippen molar-refractivity contribution in [2.45, 2.75) is 38.8 Å². The second-order valence-corrected chi connectivity index (χ2v) is 6.46. The van der Waals surface area contributed by atoms with Crippen LogP contribution in [0.1, 0.15) is 25.5 Å². The second-order valence-electron chi connectivity index (χ2n) is 6.46. The molecule has 2 saturated heterocycles. The van der Waals surface area contributed by atoms with Gasteiger partial charge in [-0.25, -0.2) is 0 Å². The smallest absolute Gasteiger partial charge is 0.242 e. The van der Waals surface area contributed by atoms with E-state index >= 15 is 0 Å². The Hall–Kier alpha value is -1.44. The minimum atomic E-state index is -0.170. The quantitative estimate of drug-likeness (QED) is 0.875. The Bertz CT molecular complexity index is 519. The highest BCUT2D eigenvalue weighted by Gasteiger charge is 2.27. The number of carbonyl (C=O) groups excluding carboxylic acids is 1. The Morgan fingerprint density at radius 3 is 2.83 bits per heavy atom. The molecule has 0 bridgehead atoms. The van der Waals surface area contributed by atoms with Crippen LogP contribution in [0.25, 0.3) is 0 Å². The van der Waals surface area contributed by atoms with E-state index < -0.39 is 0 Å². The maximum atomic E-state index is 12.3. The normalized spacial score (nSPS) is 24.7. The van der Waals surface area contributed by atoms with Crippen molar-refractivity contribution < 1.29 is 14.1 Å². The Morgan fingerprint density at radius 2 is 2.22 bits per heavy atom. The van der Waals surface area contributed by atoms with Gasteiger partial charge in [-0.15, -0.1) is 0 Å². The summed E-state index contributed by atoms with van der Waals surface area (Å²) in [5.74, 6) is 1.14. The number of aromatic nitrogens is 1. The number of aryl methyl sites for hydroxylation is 1. The van der Waals surface area contributed by atoms with Crippen molar-refractivity contribution in [2.75, 3.05) is 44.6 Å². The lowest BCUT2D eigenvalue weighted by Gasteiger charge is -2.38. The Kier molecular flexibility index (Phi) is 5.30. The summed E-state index contributed by atoms with van der Waals surface area (Å²) in [6, 6.07) is 1.56. The van der Waals surface area contributed by atoms with Gasteiger partial charge in [0.15, 0.2) is 5.82 Å². The molecular weight excluding hydrogens is 296 g/mol. The predicted molar refractivity (Wildman–Crippen MR) is 86.3 cm³/mol. The van der Waals surface area contributed by atoms with E-state index in [-0.39, 0.29) is 11.9 Å². The molecule has 0 spiro atoms. The molecule has 1 N–H and O–H groups in total. The summed E-state index contributed by atoms with van der Waals surface area (Å²) < 4.78 is 10.7. The van der Waals surface area contributed by atoms with Gasteiger partial charge in [0.1, 0.15) is 5.76 Å². The maximum Gasteiger partial charge on any atom is 0.242 e. The van der Waals surface area contributed by atoms with Crippen LogP contribution in [0, 0.1) is 6.92 Å². The zero-order valence-electron chi connectivity index (χ0n) is 14.0. The molecule has 1 amide bonds. The predicted octanol–water partition coefficient (Wildman–Crippen LogP) is 1.11. The zero-order chi connectivity index (χ0) is 16.2. The Labute approximate surface area is 136 Å². The number of hydrogen-bond donors (Lipinski definition) is 1. The van der Waals surface area contributed by atoms with Crippen molar-refractivity contribution in [2.24, 2.45) is 0 Å². The second kappa shape index (κ2) is 7.42. The molecule has 0 aromatic carbocycles. The molecule has 7 heteroatoms. The van der Waals surface area contributed by atoms with E-state index in [0.29, 0.717) is 17.7 Å². The van der Waals surface area contributed by atoms with Crippen LogP contribution in [-0.2, 0) is 9.53 Å². The largest absolute Gasteiger partial charge is 0.377 e. The molecule has 2 aliphatic heterocycles. The van der Waals surface area contributed by atoms with Gasteiger partial charge in [-0.1, -0.05) is 5.16 Å². The third-order valence-corrected chi connectivity index (χ3v) is 4.70.